The van der Waals surface area contributed by atoms with Crippen LogP contribution in [0, 0.1) is 6.92 Å². The van der Waals surface area contributed by atoms with Gasteiger partial charge < -0.3 is 15.4 Å². The standard InChI is InChI=1S/C21H19F3N4O3/c1-14-13-17(28(27-14)16-11-7-4-8-12-16)25-20(19(30)31-2,21(22,23)24)26-18(29)15-9-5-3-6-10-15/h3-13,25H,1-2H3,(H,26,29). The minimum absolute atomic E-state index is 0.0606. The molecule has 0 aliphatic carbocycles. The van der Waals surface area contributed by atoms with Gasteiger partial charge >= 0.3 is 17.8 Å². The summed E-state index contributed by atoms with van der Waals surface area (Å²) in [6, 6.07) is 16.9. The number of ether oxygens (including phenoxy) is 1. The number of hydrogen-bond acceptors (Lipinski definition) is 5. The first-order chi connectivity index (χ1) is 14.7. The number of nitrogens with zero attached hydrogens (tertiary/aromatic N) is 2. The zero-order chi connectivity index (χ0) is 22.6. The predicted octanol–water partition coefficient (Wildman–Crippen LogP) is 3.45. The maximum atomic E-state index is 14.3. The molecular weight excluding hydrogens is 413 g/mol. The lowest BCUT2D eigenvalue weighted by atomic mass is 10.1. The Bertz CT molecular complexity index is 1070. The van der Waals surface area contributed by atoms with Gasteiger partial charge in [0.05, 0.1) is 18.5 Å². The van der Waals surface area contributed by atoms with Crippen LogP contribution in [0.1, 0.15) is 16.1 Å². The number of hydrogen-bond donors (Lipinski definition) is 2. The second-order valence-corrected chi connectivity index (χ2v) is 6.60. The van der Waals surface area contributed by atoms with Gasteiger partial charge in [0, 0.05) is 11.6 Å². The number of esters is 1. The minimum Gasteiger partial charge on any atom is -0.466 e. The van der Waals surface area contributed by atoms with Crippen LogP contribution < -0.4 is 10.6 Å². The smallest absolute Gasteiger partial charge is 0.441 e. The van der Waals surface area contributed by atoms with Gasteiger partial charge in [-0.25, -0.2) is 9.48 Å². The molecule has 0 spiro atoms. The number of nitrogens with one attached hydrogen (secondary N) is 2. The fraction of sp³-hybridized carbons (Fsp3) is 0.190. The largest absolute Gasteiger partial charge is 0.466 e. The lowest BCUT2D eigenvalue weighted by Crippen LogP contribution is -2.69. The molecule has 0 saturated heterocycles. The molecule has 1 amide bonds. The molecule has 1 atom stereocenters. The summed E-state index contributed by atoms with van der Waals surface area (Å²) in [6.07, 6.45) is -5.26. The molecule has 3 aromatic rings. The van der Waals surface area contributed by atoms with Gasteiger partial charge in [-0.1, -0.05) is 36.4 Å². The number of rotatable bonds is 6. The number of aryl methyl sites for hydroxylation is 1. The van der Waals surface area contributed by atoms with E-state index in [1.807, 2.05) is 0 Å². The molecule has 2 N–H and O–H groups in total. The Labute approximate surface area is 175 Å². The maximum absolute atomic E-state index is 14.3. The van der Waals surface area contributed by atoms with E-state index in [0.717, 1.165) is 7.11 Å². The van der Waals surface area contributed by atoms with E-state index in [1.54, 1.807) is 48.6 Å². The van der Waals surface area contributed by atoms with Crippen molar-refractivity contribution in [1.29, 1.82) is 0 Å². The Morgan fingerprint density at radius 1 is 1.00 bits per heavy atom. The maximum Gasteiger partial charge on any atom is 0.441 e. The highest BCUT2D eigenvalue weighted by molar-refractivity contribution is 5.99. The average Bonchev–Trinajstić information content (AvgIpc) is 3.12. The van der Waals surface area contributed by atoms with Crippen LogP contribution in [-0.2, 0) is 9.53 Å². The van der Waals surface area contributed by atoms with E-state index >= 15 is 0 Å². The number of amides is 1. The van der Waals surface area contributed by atoms with E-state index in [2.05, 4.69) is 15.2 Å². The number of benzene rings is 2. The van der Waals surface area contributed by atoms with Crippen LogP contribution >= 0.6 is 0 Å². The first-order valence-electron chi connectivity index (χ1n) is 9.11. The Morgan fingerprint density at radius 3 is 2.13 bits per heavy atom. The number of aromatic nitrogens is 2. The Morgan fingerprint density at radius 2 is 1.58 bits per heavy atom. The van der Waals surface area contributed by atoms with Crippen molar-refractivity contribution in [2.24, 2.45) is 0 Å². The van der Waals surface area contributed by atoms with E-state index in [0.29, 0.717) is 11.4 Å². The first kappa shape index (κ1) is 21.9. The van der Waals surface area contributed by atoms with Crippen molar-refractivity contribution in [1.82, 2.24) is 15.1 Å². The topological polar surface area (TPSA) is 85.2 Å². The second-order valence-electron chi connectivity index (χ2n) is 6.60. The molecule has 1 aromatic heterocycles. The summed E-state index contributed by atoms with van der Waals surface area (Å²) in [6.45, 7) is 1.58. The fourth-order valence-electron chi connectivity index (χ4n) is 2.92. The number of carbonyl (C=O) groups is 2. The van der Waals surface area contributed by atoms with Gasteiger partial charge in [0.1, 0.15) is 5.82 Å². The SMILES string of the molecule is COC(=O)C(NC(=O)c1ccccc1)(Nc1cc(C)nn1-c1ccccc1)C(F)(F)F. The number of halogens is 3. The number of anilines is 1. The Kier molecular flexibility index (Phi) is 6.00. The number of alkyl halides is 3. The molecule has 3 rings (SSSR count). The van der Waals surface area contributed by atoms with E-state index < -0.39 is 23.7 Å². The van der Waals surface area contributed by atoms with Gasteiger partial charge in [0.25, 0.3) is 5.91 Å². The predicted molar refractivity (Wildman–Crippen MR) is 107 cm³/mol. The van der Waals surface area contributed by atoms with Crippen LogP contribution in [0.5, 0.6) is 0 Å². The van der Waals surface area contributed by atoms with Crippen molar-refractivity contribution in [2.45, 2.75) is 18.8 Å². The lowest BCUT2D eigenvalue weighted by Gasteiger charge is -2.35. The zero-order valence-corrected chi connectivity index (χ0v) is 16.6. The van der Waals surface area contributed by atoms with Gasteiger partial charge in [0.2, 0.25) is 0 Å². The van der Waals surface area contributed by atoms with Crippen molar-refractivity contribution in [3.8, 4) is 5.69 Å². The van der Waals surface area contributed by atoms with Gasteiger partial charge in [0.15, 0.2) is 0 Å². The summed E-state index contributed by atoms with van der Waals surface area (Å²) in [5, 5.41) is 8.12. The van der Waals surface area contributed by atoms with Crippen LogP contribution in [0.15, 0.2) is 66.7 Å². The normalized spacial score (nSPS) is 13.2. The third kappa shape index (κ3) is 4.37. The summed E-state index contributed by atoms with van der Waals surface area (Å²) in [4.78, 5) is 25.1. The molecule has 31 heavy (non-hydrogen) atoms. The van der Waals surface area contributed by atoms with Gasteiger partial charge in [-0.05, 0) is 31.2 Å². The molecule has 1 unspecified atom stereocenters. The summed E-state index contributed by atoms with van der Waals surface area (Å²) in [7, 11) is 0.804. The van der Waals surface area contributed by atoms with Gasteiger partial charge in [-0.15, -0.1) is 0 Å². The quantitative estimate of drug-likeness (QED) is 0.460. The Balaban J connectivity index is 2.10. The molecule has 2 aromatic carbocycles. The van der Waals surface area contributed by atoms with E-state index in [4.69, 9.17) is 0 Å². The molecule has 0 bridgehead atoms. The number of para-hydroxylation sites is 1. The molecule has 0 saturated carbocycles. The molecule has 0 fully saturated rings. The van der Waals surface area contributed by atoms with Crippen molar-refractivity contribution >= 4 is 17.7 Å². The first-order valence-corrected chi connectivity index (χ1v) is 9.11. The summed E-state index contributed by atoms with van der Waals surface area (Å²) < 4.78 is 48.6. The van der Waals surface area contributed by atoms with E-state index in [-0.39, 0.29) is 11.4 Å². The highest BCUT2D eigenvalue weighted by atomic mass is 19.4. The van der Waals surface area contributed by atoms with E-state index in [1.165, 1.54) is 35.0 Å². The third-order valence-electron chi connectivity index (χ3n) is 4.40. The fourth-order valence-corrected chi connectivity index (χ4v) is 2.92. The summed E-state index contributed by atoms with van der Waals surface area (Å²) in [5.74, 6) is -3.01. The van der Waals surface area contributed by atoms with Crippen molar-refractivity contribution in [3.63, 3.8) is 0 Å². The monoisotopic (exact) mass is 432 g/mol. The van der Waals surface area contributed by atoms with Crippen LogP contribution in [0.2, 0.25) is 0 Å². The third-order valence-corrected chi connectivity index (χ3v) is 4.40. The highest BCUT2D eigenvalue weighted by Crippen LogP contribution is 2.34. The zero-order valence-electron chi connectivity index (χ0n) is 16.6. The molecule has 0 aliphatic heterocycles. The lowest BCUT2D eigenvalue weighted by molar-refractivity contribution is -0.203. The van der Waals surface area contributed by atoms with Gasteiger partial charge in [-0.3, -0.25) is 4.79 Å². The molecule has 7 nitrogen and oxygen atoms in total. The molecule has 10 heteroatoms. The van der Waals surface area contributed by atoms with Crippen LogP contribution in [-0.4, -0.2) is 40.6 Å². The van der Waals surface area contributed by atoms with Crippen molar-refractivity contribution < 1.29 is 27.5 Å². The molecular formula is C21H19F3N4O3. The summed E-state index contributed by atoms with van der Waals surface area (Å²) >= 11 is 0. The average molecular weight is 432 g/mol. The molecule has 0 radical (unpaired) electrons. The van der Waals surface area contributed by atoms with Crippen LogP contribution in [0.25, 0.3) is 5.69 Å². The Hall–Kier alpha value is -3.82. The van der Waals surface area contributed by atoms with Crippen LogP contribution in [0.3, 0.4) is 0 Å². The second kappa shape index (κ2) is 8.50. The summed E-state index contributed by atoms with van der Waals surface area (Å²) in [5.41, 5.74) is -2.78. The number of carbonyl (C=O) groups excluding carboxylic acids is 2. The van der Waals surface area contributed by atoms with Crippen molar-refractivity contribution in [2.75, 3.05) is 12.4 Å². The van der Waals surface area contributed by atoms with Gasteiger partial charge in [-0.2, -0.15) is 18.3 Å². The molecule has 0 aliphatic rings. The number of methoxy groups -OCH3 is 1. The van der Waals surface area contributed by atoms with Crippen LogP contribution in [0.4, 0.5) is 19.0 Å². The van der Waals surface area contributed by atoms with Crippen molar-refractivity contribution in [3.05, 3.63) is 78.0 Å². The molecule has 162 valence electrons. The van der Waals surface area contributed by atoms with E-state index in [9.17, 15) is 22.8 Å². The molecule has 1 heterocycles. The minimum atomic E-state index is -5.26. The highest BCUT2D eigenvalue weighted by Gasteiger charge is 2.64.